The van der Waals surface area contributed by atoms with E-state index in [1.165, 1.54) is 32.3 Å². The first kappa shape index (κ1) is 19.5. The highest BCUT2D eigenvalue weighted by molar-refractivity contribution is 7.56. The fourth-order valence-corrected chi connectivity index (χ4v) is 6.37. The zero-order valence-corrected chi connectivity index (χ0v) is 19.1. The van der Waals surface area contributed by atoms with E-state index in [9.17, 15) is 0 Å². The third-order valence-electron chi connectivity index (χ3n) is 5.69. The average molecular weight is 426 g/mol. The normalized spacial score (nSPS) is 14.6. The molecule has 1 aliphatic rings. The lowest BCUT2D eigenvalue weighted by Gasteiger charge is -2.36. The molecule has 3 heteroatoms. The Labute approximate surface area is 182 Å². The van der Waals surface area contributed by atoms with E-state index in [-0.39, 0.29) is 5.41 Å². The summed E-state index contributed by atoms with van der Waals surface area (Å²) in [6.07, 6.45) is 0. The van der Waals surface area contributed by atoms with Crippen molar-refractivity contribution < 1.29 is 4.74 Å². The Morgan fingerprint density at radius 3 is 1.40 bits per heavy atom. The molecule has 0 saturated heterocycles. The summed E-state index contributed by atoms with van der Waals surface area (Å²) in [7, 11) is 1.15. The molecule has 2 unspecified atom stereocenters. The second kappa shape index (κ2) is 7.99. The minimum atomic E-state index is -0.0999. The van der Waals surface area contributed by atoms with Crippen molar-refractivity contribution in [1.29, 1.82) is 0 Å². The molecule has 4 aromatic carbocycles. The second-order valence-electron chi connectivity index (χ2n) is 8.07. The van der Waals surface area contributed by atoms with E-state index in [1.807, 2.05) is 0 Å². The minimum absolute atomic E-state index is 0.0999. The van der Waals surface area contributed by atoms with Gasteiger partial charge in [0.25, 0.3) is 0 Å². The van der Waals surface area contributed by atoms with Crippen molar-refractivity contribution in [2.24, 2.45) is 0 Å². The van der Waals surface area contributed by atoms with Gasteiger partial charge in [0.1, 0.15) is 11.5 Å². The molecule has 0 amide bonds. The molecule has 1 heterocycles. The molecule has 0 N–H and O–H groups in total. The molecule has 2 atom stereocenters. The average Bonchev–Trinajstić information content (AvgIpc) is 2.77. The summed E-state index contributed by atoms with van der Waals surface area (Å²) in [6.45, 7) is 4.63. The van der Waals surface area contributed by atoms with Gasteiger partial charge in [0.05, 0.1) is 0 Å². The molecule has 0 bridgehead atoms. The third-order valence-corrected chi connectivity index (χ3v) is 8.26. The van der Waals surface area contributed by atoms with Crippen LogP contribution in [0.2, 0.25) is 0 Å². The van der Waals surface area contributed by atoms with Gasteiger partial charge in [-0.15, -0.1) is 0 Å². The molecule has 0 saturated carbocycles. The van der Waals surface area contributed by atoms with Crippen molar-refractivity contribution in [2.45, 2.75) is 19.3 Å². The second-order valence-corrected chi connectivity index (χ2v) is 10.8. The fraction of sp³-hybridized carbons (Fsp3) is 0.111. The molecule has 0 fully saturated rings. The number of rotatable bonds is 4. The van der Waals surface area contributed by atoms with E-state index in [0.717, 1.165) is 11.5 Å². The first-order valence-corrected chi connectivity index (χ1v) is 12.2. The van der Waals surface area contributed by atoms with Gasteiger partial charge >= 0.3 is 0 Å². The molecule has 0 radical (unpaired) electrons. The summed E-state index contributed by atoms with van der Waals surface area (Å²) >= 11 is 0. The molecule has 4 aromatic rings. The highest BCUT2D eigenvalue weighted by Crippen LogP contribution is 2.48. The van der Waals surface area contributed by atoms with Crippen molar-refractivity contribution in [3.8, 4) is 11.5 Å². The molecule has 1 nitrogen and oxygen atoms in total. The van der Waals surface area contributed by atoms with Gasteiger partial charge in [0, 0.05) is 27.2 Å². The summed E-state index contributed by atoms with van der Waals surface area (Å²) < 4.78 is 6.73. The van der Waals surface area contributed by atoms with E-state index in [0.29, 0.717) is 17.2 Å². The van der Waals surface area contributed by atoms with Crippen LogP contribution in [0.5, 0.6) is 11.5 Å². The summed E-state index contributed by atoms with van der Waals surface area (Å²) in [5.41, 5.74) is 2.45. The van der Waals surface area contributed by atoms with Crippen molar-refractivity contribution in [3.05, 3.63) is 108 Å². The van der Waals surface area contributed by atoms with Gasteiger partial charge in [0.2, 0.25) is 0 Å². The maximum atomic E-state index is 6.73. The Morgan fingerprint density at radius 1 is 0.533 bits per heavy atom. The summed E-state index contributed by atoms with van der Waals surface area (Å²) in [5, 5.41) is 5.21. The number of hydrogen-bond donors (Lipinski definition) is 0. The molecule has 0 aliphatic carbocycles. The predicted molar refractivity (Wildman–Crippen MR) is 133 cm³/mol. The molecule has 1 aliphatic heterocycles. The fourth-order valence-electron chi connectivity index (χ4n) is 4.08. The summed E-state index contributed by atoms with van der Waals surface area (Å²) in [5.74, 6) is 2.09. The lowest BCUT2D eigenvalue weighted by Crippen LogP contribution is -2.29. The lowest BCUT2D eigenvalue weighted by atomic mass is 9.76. The first-order chi connectivity index (χ1) is 14.6. The topological polar surface area (TPSA) is 9.23 Å². The van der Waals surface area contributed by atoms with Gasteiger partial charge in [-0.05, 0) is 10.6 Å². The van der Waals surface area contributed by atoms with Gasteiger partial charge in [-0.3, -0.25) is 0 Å². The van der Waals surface area contributed by atoms with Crippen LogP contribution in [0.25, 0.3) is 0 Å². The van der Waals surface area contributed by atoms with Gasteiger partial charge in [-0.25, -0.2) is 0 Å². The van der Waals surface area contributed by atoms with Gasteiger partial charge in [0.15, 0.2) is 0 Å². The van der Waals surface area contributed by atoms with E-state index in [2.05, 4.69) is 111 Å². The molecule has 30 heavy (non-hydrogen) atoms. The van der Waals surface area contributed by atoms with Crippen LogP contribution in [0.4, 0.5) is 0 Å². The van der Waals surface area contributed by atoms with Crippen LogP contribution in [0.15, 0.2) is 97.1 Å². The molecule has 148 valence electrons. The van der Waals surface area contributed by atoms with Crippen molar-refractivity contribution in [3.63, 3.8) is 0 Å². The van der Waals surface area contributed by atoms with Crippen LogP contribution in [-0.4, -0.2) is 0 Å². The van der Waals surface area contributed by atoms with Crippen molar-refractivity contribution in [1.82, 2.24) is 0 Å². The van der Waals surface area contributed by atoms with Crippen LogP contribution >= 0.6 is 17.2 Å². The predicted octanol–water partition coefficient (Wildman–Crippen LogP) is 5.38. The quantitative estimate of drug-likeness (QED) is 0.399. The highest BCUT2D eigenvalue weighted by atomic mass is 31.1. The van der Waals surface area contributed by atoms with Crippen molar-refractivity contribution in [2.75, 3.05) is 0 Å². The Morgan fingerprint density at radius 2 is 0.967 bits per heavy atom. The van der Waals surface area contributed by atoms with E-state index in [4.69, 9.17) is 4.74 Å². The first-order valence-electron chi connectivity index (χ1n) is 10.2. The Hall–Kier alpha value is -2.46. The van der Waals surface area contributed by atoms with Crippen LogP contribution in [-0.2, 0) is 5.41 Å². The Kier molecular flexibility index (Phi) is 5.20. The van der Waals surface area contributed by atoms with Crippen LogP contribution in [0.1, 0.15) is 25.0 Å². The summed E-state index contributed by atoms with van der Waals surface area (Å²) in [6, 6.07) is 34.6. The Bertz CT molecular complexity index is 1090. The summed E-state index contributed by atoms with van der Waals surface area (Å²) in [4.78, 5) is 0. The lowest BCUT2D eigenvalue weighted by molar-refractivity contribution is 0.425. The van der Waals surface area contributed by atoms with E-state index < -0.39 is 0 Å². The number of para-hydroxylation sites is 2. The van der Waals surface area contributed by atoms with Crippen LogP contribution in [0.3, 0.4) is 0 Å². The van der Waals surface area contributed by atoms with Gasteiger partial charge in [-0.1, -0.05) is 128 Å². The maximum Gasteiger partial charge on any atom is 0.139 e. The Balaban J connectivity index is 1.60. The smallest absolute Gasteiger partial charge is 0.139 e. The zero-order valence-electron chi connectivity index (χ0n) is 17.1. The number of fused-ring (bicyclic) bond motifs is 2. The van der Waals surface area contributed by atoms with E-state index in [1.54, 1.807) is 0 Å². The SMILES string of the molecule is CC1(C)c2cccc(Pc3ccccc3)c2Oc2c(Pc3ccccc3)cccc21. The molecule has 0 spiro atoms. The maximum absolute atomic E-state index is 6.73. The minimum Gasteiger partial charge on any atom is -0.455 e. The van der Waals surface area contributed by atoms with Crippen LogP contribution < -0.4 is 26.0 Å². The monoisotopic (exact) mass is 426 g/mol. The standard InChI is InChI=1S/C27H24OP2/c1-27(2)21-15-9-17-23(29-19-11-5-3-6-12-19)25(21)28-26-22(27)16-10-18-24(26)30-20-13-7-4-8-14-20/h3-18,29-30H,1-2H3. The molecule has 5 rings (SSSR count). The van der Waals surface area contributed by atoms with Gasteiger partial charge in [-0.2, -0.15) is 0 Å². The van der Waals surface area contributed by atoms with E-state index >= 15 is 0 Å². The number of ether oxygens (including phenoxy) is 1. The number of hydrogen-bond acceptors (Lipinski definition) is 1. The van der Waals surface area contributed by atoms with Crippen molar-refractivity contribution >= 4 is 38.4 Å². The molecular weight excluding hydrogens is 402 g/mol. The largest absolute Gasteiger partial charge is 0.455 e. The molecular formula is C27H24OP2. The highest BCUT2D eigenvalue weighted by Gasteiger charge is 2.36. The molecule has 0 aromatic heterocycles. The van der Waals surface area contributed by atoms with Gasteiger partial charge < -0.3 is 4.74 Å². The zero-order chi connectivity index (χ0) is 20.6. The number of benzene rings is 4. The van der Waals surface area contributed by atoms with Crippen LogP contribution in [0, 0.1) is 0 Å². The third kappa shape index (κ3) is 3.58.